The minimum atomic E-state index is -3.35. The van der Waals surface area contributed by atoms with Crippen molar-refractivity contribution in [1.82, 2.24) is 10.2 Å². The van der Waals surface area contributed by atoms with Gasteiger partial charge in [0.25, 0.3) is 5.91 Å². The average molecular weight is 375 g/mol. The zero-order valence-corrected chi connectivity index (χ0v) is 16.5. The van der Waals surface area contributed by atoms with Crippen LogP contribution in [0.15, 0.2) is 53.4 Å². The highest BCUT2D eigenvalue weighted by atomic mass is 32.2. The van der Waals surface area contributed by atoms with E-state index in [4.69, 9.17) is 0 Å². The molecule has 0 saturated carbocycles. The van der Waals surface area contributed by atoms with Crippen molar-refractivity contribution >= 4 is 15.7 Å². The largest absolute Gasteiger partial charge is 0.350 e. The van der Waals surface area contributed by atoms with Gasteiger partial charge in [-0.3, -0.25) is 4.79 Å². The molecule has 0 heterocycles. The lowest BCUT2D eigenvalue weighted by Gasteiger charge is -2.25. The van der Waals surface area contributed by atoms with Gasteiger partial charge in [-0.1, -0.05) is 36.4 Å². The van der Waals surface area contributed by atoms with E-state index in [2.05, 4.69) is 22.3 Å². The van der Waals surface area contributed by atoms with Crippen molar-refractivity contribution in [2.24, 2.45) is 0 Å². The van der Waals surface area contributed by atoms with Crippen molar-refractivity contribution < 1.29 is 13.2 Å². The lowest BCUT2D eigenvalue weighted by molar-refractivity contribution is 0.0941. The van der Waals surface area contributed by atoms with Gasteiger partial charge in [0.15, 0.2) is 9.84 Å². The van der Waals surface area contributed by atoms with Crippen LogP contribution in [0.3, 0.4) is 0 Å². The summed E-state index contributed by atoms with van der Waals surface area (Å²) < 4.78 is 23.5. The molecule has 2 aromatic rings. The number of aryl methyl sites for hydroxylation is 1. The third-order valence-corrected chi connectivity index (χ3v) is 5.53. The standard InChI is InChI=1S/C20H26N2O3S/c1-15-10-11-18(26(4,24)25)13-19(15)20(23)21-14-17(22(2)3)12-16-8-6-5-7-9-16/h5-11,13,17H,12,14H2,1-4H3,(H,21,23). The summed E-state index contributed by atoms with van der Waals surface area (Å²) in [6.45, 7) is 2.28. The topological polar surface area (TPSA) is 66.5 Å². The van der Waals surface area contributed by atoms with Crippen LogP contribution in [-0.4, -0.2) is 52.2 Å². The highest BCUT2D eigenvalue weighted by Gasteiger charge is 2.17. The second kappa shape index (κ2) is 8.47. The number of benzene rings is 2. The molecule has 26 heavy (non-hydrogen) atoms. The van der Waals surface area contributed by atoms with E-state index < -0.39 is 9.84 Å². The summed E-state index contributed by atoms with van der Waals surface area (Å²) in [5.41, 5.74) is 2.35. The van der Waals surface area contributed by atoms with E-state index in [1.807, 2.05) is 32.3 Å². The minimum Gasteiger partial charge on any atom is -0.350 e. The van der Waals surface area contributed by atoms with E-state index >= 15 is 0 Å². The highest BCUT2D eigenvalue weighted by Crippen LogP contribution is 2.16. The number of hydrogen-bond acceptors (Lipinski definition) is 4. The van der Waals surface area contributed by atoms with Gasteiger partial charge in [0.2, 0.25) is 0 Å². The maximum Gasteiger partial charge on any atom is 0.251 e. The Balaban J connectivity index is 2.11. The van der Waals surface area contributed by atoms with E-state index in [0.717, 1.165) is 18.2 Å². The summed E-state index contributed by atoms with van der Waals surface area (Å²) in [5.74, 6) is -0.257. The van der Waals surface area contributed by atoms with Gasteiger partial charge in [0, 0.05) is 24.4 Å². The molecule has 2 aromatic carbocycles. The Bertz CT molecular complexity index is 862. The molecule has 0 aliphatic rings. The Morgan fingerprint density at radius 3 is 2.35 bits per heavy atom. The first-order chi connectivity index (χ1) is 12.2. The van der Waals surface area contributed by atoms with Crippen molar-refractivity contribution in [2.45, 2.75) is 24.3 Å². The summed E-state index contributed by atoms with van der Waals surface area (Å²) in [5, 5.41) is 2.94. The van der Waals surface area contributed by atoms with E-state index in [9.17, 15) is 13.2 Å². The molecule has 0 aliphatic carbocycles. The molecule has 0 fully saturated rings. The summed E-state index contributed by atoms with van der Waals surface area (Å²) in [6, 6.07) is 14.9. The fourth-order valence-corrected chi connectivity index (χ4v) is 3.35. The van der Waals surface area contributed by atoms with Gasteiger partial charge in [-0.15, -0.1) is 0 Å². The Kier molecular flexibility index (Phi) is 6.56. The zero-order valence-electron chi connectivity index (χ0n) is 15.7. The molecule has 1 atom stereocenters. The van der Waals surface area contributed by atoms with Crippen molar-refractivity contribution in [3.63, 3.8) is 0 Å². The number of nitrogens with one attached hydrogen (secondary N) is 1. The van der Waals surface area contributed by atoms with Crippen LogP contribution in [-0.2, 0) is 16.3 Å². The van der Waals surface area contributed by atoms with Gasteiger partial charge in [-0.25, -0.2) is 8.42 Å². The van der Waals surface area contributed by atoms with E-state index in [1.54, 1.807) is 13.0 Å². The molecule has 0 aromatic heterocycles. The van der Waals surface area contributed by atoms with Crippen LogP contribution in [0, 0.1) is 6.92 Å². The molecule has 2 rings (SSSR count). The Morgan fingerprint density at radius 1 is 1.12 bits per heavy atom. The monoisotopic (exact) mass is 374 g/mol. The van der Waals surface area contributed by atoms with Crippen LogP contribution in [0.5, 0.6) is 0 Å². The maximum absolute atomic E-state index is 12.6. The third-order valence-electron chi connectivity index (χ3n) is 4.42. The molecule has 1 N–H and O–H groups in total. The number of hydrogen-bond donors (Lipinski definition) is 1. The first kappa shape index (κ1) is 20.1. The quantitative estimate of drug-likeness (QED) is 0.808. The number of amides is 1. The number of nitrogens with zero attached hydrogens (tertiary/aromatic N) is 1. The first-order valence-corrected chi connectivity index (χ1v) is 10.4. The maximum atomic E-state index is 12.6. The van der Waals surface area contributed by atoms with Crippen molar-refractivity contribution in [3.05, 3.63) is 65.2 Å². The molecular weight excluding hydrogens is 348 g/mol. The molecule has 140 valence electrons. The molecule has 1 amide bonds. The summed E-state index contributed by atoms with van der Waals surface area (Å²) in [6.07, 6.45) is 1.96. The van der Waals surface area contributed by atoms with Gasteiger partial charge >= 0.3 is 0 Å². The smallest absolute Gasteiger partial charge is 0.251 e. The Labute approximate surface area is 156 Å². The Hall–Kier alpha value is -2.18. The number of rotatable bonds is 7. The fraction of sp³-hybridized carbons (Fsp3) is 0.350. The van der Waals surface area contributed by atoms with E-state index in [-0.39, 0.29) is 16.8 Å². The van der Waals surface area contributed by atoms with Gasteiger partial charge in [-0.05, 0) is 50.7 Å². The molecular formula is C20H26N2O3S. The van der Waals surface area contributed by atoms with Crippen molar-refractivity contribution in [3.8, 4) is 0 Å². The summed E-state index contributed by atoms with van der Waals surface area (Å²) in [4.78, 5) is 14.8. The van der Waals surface area contributed by atoms with Crippen molar-refractivity contribution in [2.75, 3.05) is 26.9 Å². The molecule has 0 spiro atoms. The normalized spacial score (nSPS) is 12.8. The fourth-order valence-electron chi connectivity index (χ4n) is 2.71. The first-order valence-electron chi connectivity index (χ1n) is 8.47. The molecule has 6 heteroatoms. The number of carbonyl (C=O) groups is 1. The lowest BCUT2D eigenvalue weighted by atomic mass is 10.0. The zero-order chi connectivity index (χ0) is 19.3. The van der Waals surface area contributed by atoms with Crippen LogP contribution >= 0.6 is 0 Å². The van der Waals surface area contributed by atoms with E-state index in [0.29, 0.717) is 12.1 Å². The summed E-state index contributed by atoms with van der Waals surface area (Å²) >= 11 is 0. The molecule has 5 nitrogen and oxygen atoms in total. The molecule has 0 bridgehead atoms. The predicted octanol–water partition coefficient (Wildman–Crippen LogP) is 2.30. The van der Waals surface area contributed by atoms with Crippen LogP contribution in [0.1, 0.15) is 21.5 Å². The molecule has 0 saturated heterocycles. The van der Waals surface area contributed by atoms with Crippen molar-refractivity contribution in [1.29, 1.82) is 0 Å². The summed E-state index contributed by atoms with van der Waals surface area (Å²) in [7, 11) is 0.614. The average Bonchev–Trinajstić information content (AvgIpc) is 2.58. The third kappa shape index (κ3) is 5.41. The molecule has 0 radical (unpaired) electrons. The number of likely N-dealkylation sites (N-methyl/N-ethyl adjacent to an activating group) is 1. The van der Waals surface area contributed by atoms with Gasteiger partial charge in [0.1, 0.15) is 0 Å². The predicted molar refractivity (Wildman–Crippen MR) is 104 cm³/mol. The van der Waals surface area contributed by atoms with E-state index in [1.165, 1.54) is 17.7 Å². The number of sulfone groups is 1. The van der Waals surface area contributed by atoms with Gasteiger partial charge in [-0.2, -0.15) is 0 Å². The number of carbonyl (C=O) groups excluding carboxylic acids is 1. The van der Waals surface area contributed by atoms with Crippen LogP contribution in [0.25, 0.3) is 0 Å². The van der Waals surface area contributed by atoms with Gasteiger partial charge < -0.3 is 10.2 Å². The van der Waals surface area contributed by atoms with Crippen LogP contribution in [0.2, 0.25) is 0 Å². The van der Waals surface area contributed by atoms with Crippen LogP contribution < -0.4 is 5.32 Å². The molecule has 1 unspecified atom stereocenters. The minimum absolute atomic E-state index is 0.139. The SMILES string of the molecule is Cc1ccc(S(C)(=O)=O)cc1C(=O)NCC(Cc1ccccc1)N(C)C. The lowest BCUT2D eigenvalue weighted by Crippen LogP contribution is -2.41. The highest BCUT2D eigenvalue weighted by molar-refractivity contribution is 7.90. The molecule has 0 aliphatic heterocycles. The van der Waals surface area contributed by atoms with Crippen LogP contribution in [0.4, 0.5) is 0 Å². The Morgan fingerprint density at radius 2 is 1.77 bits per heavy atom. The van der Waals surface area contributed by atoms with Gasteiger partial charge in [0.05, 0.1) is 4.90 Å². The second-order valence-electron chi connectivity index (χ2n) is 6.77. The second-order valence-corrected chi connectivity index (χ2v) is 8.78.